The first-order valence-electron chi connectivity index (χ1n) is 10.5. The zero-order chi connectivity index (χ0) is 24.2. The lowest BCUT2D eigenvalue weighted by atomic mass is 10.1. The van der Waals surface area contributed by atoms with E-state index in [0.717, 1.165) is 16.8 Å². The van der Waals surface area contributed by atoms with Crippen LogP contribution in [0.4, 0.5) is 30.6 Å². The molecule has 0 aliphatic heterocycles. The van der Waals surface area contributed by atoms with Crippen LogP contribution in [0.2, 0.25) is 0 Å². The number of para-hydroxylation sites is 1. The molecule has 0 spiro atoms. The summed E-state index contributed by atoms with van der Waals surface area (Å²) in [5.41, 5.74) is 3.73. The van der Waals surface area contributed by atoms with Crippen LogP contribution in [-0.2, 0) is 0 Å². The van der Waals surface area contributed by atoms with Crippen molar-refractivity contribution >= 4 is 17.5 Å². The Morgan fingerprint density at radius 1 is 1.00 bits per heavy atom. The Labute approximate surface area is 190 Å². The van der Waals surface area contributed by atoms with Crippen LogP contribution in [0.15, 0.2) is 48.5 Å². The van der Waals surface area contributed by atoms with Crippen molar-refractivity contribution in [3.63, 3.8) is 0 Å². The van der Waals surface area contributed by atoms with Crippen LogP contribution in [0.25, 0.3) is 11.3 Å². The van der Waals surface area contributed by atoms with Crippen molar-refractivity contribution in [3.05, 3.63) is 59.7 Å². The van der Waals surface area contributed by atoms with E-state index in [4.69, 9.17) is 0 Å². The van der Waals surface area contributed by atoms with Gasteiger partial charge in [0, 0.05) is 17.3 Å². The maximum atomic E-state index is 12.7. The number of halogens is 3. The minimum Gasteiger partial charge on any atom is -0.406 e. The van der Waals surface area contributed by atoms with Crippen LogP contribution in [0.5, 0.6) is 5.75 Å². The number of aliphatic hydroxyl groups is 1. The van der Waals surface area contributed by atoms with Gasteiger partial charge in [0.1, 0.15) is 11.6 Å². The van der Waals surface area contributed by atoms with E-state index in [9.17, 15) is 18.3 Å². The molecule has 1 aromatic heterocycles. The van der Waals surface area contributed by atoms with E-state index >= 15 is 0 Å². The van der Waals surface area contributed by atoms with Gasteiger partial charge >= 0.3 is 6.36 Å². The molecule has 0 saturated heterocycles. The Kier molecular flexibility index (Phi) is 7.43. The van der Waals surface area contributed by atoms with Crippen LogP contribution in [0, 0.1) is 19.8 Å². The van der Waals surface area contributed by atoms with E-state index in [1.165, 1.54) is 18.2 Å². The second-order valence-corrected chi connectivity index (χ2v) is 8.11. The van der Waals surface area contributed by atoms with E-state index in [1.54, 1.807) is 12.1 Å². The van der Waals surface area contributed by atoms with Crippen LogP contribution in [0.1, 0.15) is 25.0 Å². The number of hydrogen-bond acceptors (Lipinski definition) is 6. The fourth-order valence-electron chi connectivity index (χ4n) is 3.30. The highest BCUT2D eigenvalue weighted by Gasteiger charge is 2.31. The Hall–Kier alpha value is -3.33. The topological polar surface area (TPSA) is 79.3 Å². The monoisotopic (exact) mass is 460 g/mol. The van der Waals surface area contributed by atoms with Crippen LogP contribution < -0.4 is 15.4 Å². The summed E-state index contributed by atoms with van der Waals surface area (Å²) in [5.74, 6) is 0.465. The highest BCUT2D eigenvalue weighted by atomic mass is 19.4. The fourth-order valence-corrected chi connectivity index (χ4v) is 3.30. The van der Waals surface area contributed by atoms with E-state index in [1.807, 2.05) is 45.9 Å². The largest absolute Gasteiger partial charge is 0.573 e. The van der Waals surface area contributed by atoms with Gasteiger partial charge in [0.05, 0.1) is 18.3 Å². The molecule has 0 radical (unpaired) electrons. The summed E-state index contributed by atoms with van der Waals surface area (Å²) in [6, 6.07) is 12.9. The van der Waals surface area contributed by atoms with E-state index < -0.39 is 6.36 Å². The number of rotatable bonds is 8. The smallest absolute Gasteiger partial charge is 0.406 e. The number of ether oxygens (including phenoxy) is 1. The van der Waals surface area contributed by atoms with Crippen LogP contribution in [-0.4, -0.2) is 34.1 Å². The second kappa shape index (κ2) is 10.1. The third kappa shape index (κ3) is 6.58. The Morgan fingerprint density at radius 3 is 2.27 bits per heavy atom. The molecule has 3 N–H and O–H groups in total. The molecule has 0 fully saturated rings. The van der Waals surface area contributed by atoms with Crippen molar-refractivity contribution < 1.29 is 23.0 Å². The van der Waals surface area contributed by atoms with Crippen molar-refractivity contribution in [1.29, 1.82) is 0 Å². The molecule has 0 aliphatic carbocycles. The molecule has 33 heavy (non-hydrogen) atoms. The summed E-state index contributed by atoms with van der Waals surface area (Å²) in [7, 11) is 0. The molecule has 3 rings (SSSR count). The van der Waals surface area contributed by atoms with E-state index in [0.29, 0.717) is 17.1 Å². The van der Waals surface area contributed by atoms with Gasteiger partial charge in [0.2, 0.25) is 5.95 Å². The summed E-state index contributed by atoms with van der Waals surface area (Å²) >= 11 is 0. The number of aromatic nitrogens is 2. The molecule has 0 amide bonds. The highest BCUT2D eigenvalue weighted by Crippen LogP contribution is 2.30. The average Bonchev–Trinajstić information content (AvgIpc) is 2.73. The van der Waals surface area contributed by atoms with Gasteiger partial charge in [-0.15, -0.1) is 13.2 Å². The van der Waals surface area contributed by atoms with Crippen molar-refractivity contribution in [3.8, 4) is 17.0 Å². The molecule has 9 heteroatoms. The molecular formula is C24H27F3N4O2. The van der Waals surface area contributed by atoms with Crippen molar-refractivity contribution in [2.24, 2.45) is 5.92 Å². The Morgan fingerprint density at radius 2 is 1.67 bits per heavy atom. The first kappa shape index (κ1) is 24.3. The molecule has 6 nitrogen and oxygen atoms in total. The van der Waals surface area contributed by atoms with Crippen LogP contribution >= 0.6 is 0 Å². The molecule has 0 saturated carbocycles. The van der Waals surface area contributed by atoms with Gasteiger partial charge in [-0.1, -0.05) is 44.2 Å². The maximum absolute atomic E-state index is 12.7. The summed E-state index contributed by atoms with van der Waals surface area (Å²) in [6.07, 6.45) is -4.79. The third-order valence-electron chi connectivity index (χ3n) is 5.14. The normalized spacial score (nSPS) is 12.5. The number of benzene rings is 2. The van der Waals surface area contributed by atoms with E-state index in [2.05, 4.69) is 25.3 Å². The molecule has 0 aliphatic rings. The second-order valence-electron chi connectivity index (χ2n) is 8.11. The van der Waals surface area contributed by atoms with Crippen LogP contribution in [0.3, 0.4) is 0 Å². The van der Waals surface area contributed by atoms with Gasteiger partial charge in [0.15, 0.2) is 0 Å². The number of aryl methyl sites for hydroxylation is 2. The van der Waals surface area contributed by atoms with Crippen molar-refractivity contribution in [2.45, 2.75) is 40.1 Å². The standard InChI is InChI=1S/C24H27F3N4O2/c1-14(2)20(13-32)29-23-28-19(17-9-6-10-18(11-17)33-24(25,26)27)12-21(31-23)30-22-15(3)7-5-8-16(22)4/h5-12,14,20,32H,13H2,1-4H3,(H2,28,29,30,31)/t20-/m1/s1. The van der Waals surface area contributed by atoms with Gasteiger partial charge in [-0.2, -0.15) is 4.98 Å². The summed E-state index contributed by atoms with van der Waals surface area (Å²) < 4.78 is 42.1. The predicted octanol–water partition coefficient (Wildman–Crippen LogP) is 5.83. The zero-order valence-corrected chi connectivity index (χ0v) is 18.9. The zero-order valence-electron chi connectivity index (χ0n) is 18.9. The maximum Gasteiger partial charge on any atom is 0.573 e. The number of alkyl halides is 3. The predicted molar refractivity (Wildman–Crippen MR) is 123 cm³/mol. The molecule has 3 aromatic rings. The molecule has 1 atom stereocenters. The lowest BCUT2D eigenvalue weighted by Gasteiger charge is -2.21. The van der Waals surface area contributed by atoms with Gasteiger partial charge in [-0.05, 0) is 43.0 Å². The lowest BCUT2D eigenvalue weighted by Crippen LogP contribution is -2.30. The number of anilines is 3. The quantitative estimate of drug-likeness (QED) is 0.392. The average molecular weight is 461 g/mol. The lowest BCUT2D eigenvalue weighted by molar-refractivity contribution is -0.274. The van der Waals surface area contributed by atoms with Gasteiger partial charge in [-0.3, -0.25) is 0 Å². The highest BCUT2D eigenvalue weighted by molar-refractivity contribution is 5.70. The number of nitrogens with zero attached hydrogens (tertiary/aromatic N) is 2. The fraction of sp³-hybridized carbons (Fsp3) is 0.333. The van der Waals surface area contributed by atoms with Gasteiger partial charge in [0.25, 0.3) is 0 Å². The number of aliphatic hydroxyl groups excluding tert-OH is 1. The summed E-state index contributed by atoms with van der Waals surface area (Å²) in [5, 5.41) is 16.1. The SMILES string of the molecule is Cc1cccc(C)c1Nc1cc(-c2cccc(OC(F)(F)F)c2)nc(N[C@H](CO)C(C)C)n1. The summed E-state index contributed by atoms with van der Waals surface area (Å²) in [6.45, 7) is 7.71. The Balaban J connectivity index is 2.05. The van der Waals surface area contributed by atoms with Crippen molar-refractivity contribution in [1.82, 2.24) is 9.97 Å². The third-order valence-corrected chi connectivity index (χ3v) is 5.14. The molecule has 176 valence electrons. The van der Waals surface area contributed by atoms with Gasteiger partial charge < -0.3 is 20.5 Å². The molecule has 0 unspecified atom stereocenters. The summed E-state index contributed by atoms with van der Waals surface area (Å²) in [4.78, 5) is 9.02. The molecule has 2 aromatic carbocycles. The first-order valence-corrected chi connectivity index (χ1v) is 10.5. The number of nitrogens with one attached hydrogen (secondary N) is 2. The molecule has 0 bridgehead atoms. The minimum atomic E-state index is -4.79. The first-order chi connectivity index (χ1) is 15.6. The Bertz CT molecular complexity index is 1080. The molecular weight excluding hydrogens is 433 g/mol. The van der Waals surface area contributed by atoms with Crippen molar-refractivity contribution in [2.75, 3.05) is 17.2 Å². The number of hydrogen-bond donors (Lipinski definition) is 3. The molecule has 1 heterocycles. The van der Waals surface area contributed by atoms with E-state index in [-0.39, 0.29) is 30.3 Å². The minimum absolute atomic E-state index is 0.0980. The van der Waals surface area contributed by atoms with Gasteiger partial charge in [-0.25, -0.2) is 4.98 Å².